The second-order valence-corrected chi connectivity index (χ2v) is 3.68. The zero-order valence-corrected chi connectivity index (χ0v) is 9.32. The summed E-state index contributed by atoms with van der Waals surface area (Å²) in [6.45, 7) is 4.28. The summed E-state index contributed by atoms with van der Waals surface area (Å²) < 4.78 is 4.99. The van der Waals surface area contributed by atoms with Gasteiger partial charge in [-0.05, 0) is 31.5 Å². The number of nitrogens with one attached hydrogen (secondary N) is 1. The highest BCUT2D eigenvalue weighted by Crippen LogP contribution is 2.19. The third kappa shape index (κ3) is 2.31. The Morgan fingerprint density at radius 2 is 2.19 bits per heavy atom. The van der Waals surface area contributed by atoms with Crippen LogP contribution < -0.4 is 11.1 Å². The molecule has 2 rings (SSSR count). The van der Waals surface area contributed by atoms with Gasteiger partial charge in [-0.2, -0.15) is 4.98 Å². The molecular weight excluding hydrogens is 204 g/mol. The lowest BCUT2D eigenvalue weighted by atomic mass is 10.2. The van der Waals surface area contributed by atoms with Gasteiger partial charge in [0.2, 0.25) is 5.89 Å². The number of nitrogen functional groups attached to an aromatic ring is 1. The number of aryl methyl sites for hydroxylation is 2. The Morgan fingerprint density at radius 1 is 1.38 bits per heavy atom. The number of hydrogen-bond acceptors (Lipinski definition) is 5. The number of rotatable bonds is 3. The van der Waals surface area contributed by atoms with Crippen molar-refractivity contribution in [3.8, 4) is 0 Å². The van der Waals surface area contributed by atoms with E-state index >= 15 is 0 Å². The molecule has 0 fully saturated rings. The number of hydrogen-bond donors (Lipinski definition) is 2. The number of nitrogens with zero attached hydrogens (tertiary/aromatic N) is 2. The number of nitrogens with two attached hydrogens (primary N) is 1. The minimum atomic E-state index is 0.481. The lowest BCUT2D eigenvalue weighted by molar-refractivity contribution is 0.379. The molecule has 1 heterocycles. The van der Waals surface area contributed by atoms with Crippen LogP contribution in [-0.4, -0.2) is 10.1 Å². The maximum absolute atomic E-state index is 5.83. The van der Waals surface area contributed by atoms with Crippen molar-refractivity contribution in [1.82, 2.24) is 10.1 Å². The highest BCUT2D eigenvalue weighted by molar-refractivity contribution is 5.66. The fourth-order valence-corrected chi connectivity index (χ4v) is 1.41. The zero-order chi connectivity index (χ0) is 11.5. The van der Waals surface area contributed by atoms with Crippen molar-refractivity contribution in [2.75, 3.05) is 11.1 Å². The lowest BCUT2D eigenvalue weighted by Gasteiger charge is -2.07. The Balaban J connectivity index is 2.07. The first-order valence-corrected chi connectivity index (χ1v) is 5.04. The first kappa shape index (κ1) is 10.5. The second-order valence-electron chi connectivity index (χ2n) is 3.68. The van der Waals surface area contributed by atoms with Gasteiger partial charge in [0.25, 0.3) is 0 Å². The van der Waals surface area contributed by atoms with Gasteiger partial charge in [0, 0.05) is 0 Å². The number of benzene rings is 1. The van der Waals surface area contributed by atoms with E-state index < -0.39 is 0 Å². The summed E-state index contributed by atoms with van der Waals surface area (Å²) in [5.41, 5.74) is 8.58. The van der Waals surface area contributed by atoms with E-state index in [4.69, 9.17) is 10.3 Å². The summed E-state index contributed by atoms with van der Waals surface area (Å²) >= 11 is 0. The molecule has 1 aromatic carbocycles. The molecule has 0 bridgehead atoms. The fourth-order valence-electron chi connectivity index (χ4n) is 1.41. The van der Waals surface area contributed by atoms with E-state index in [0.29, 0.717) is 23.9 Å². The van der Waals surface area contributed by atoms with Crippen LogP contribution in [0.25, 0.3) is 0 Å². The molecule has 0 unspecified atom stereocenters. The summed E-state index contributed by atoms with van der Waals surface area (Å²) in [7, 11) is 0. The Hall–Kier alpha value is -2.04. The quantitative estimate of drug-likeness (QED) is 0.769. The van der Waals surface area contributed by atoms with Gasteiger partial charge in [0.15, 0.2) is 5.82 Å². The van der Waals surface area contributed by atoms with Crippen LogP contribution in [0.15, 0.2) is 22.7 Å². The molecule has 1 aromatic heterocycles. The molecule has 16 heavy (non-hydrogen) atoms. The smallest absolute Gasteiger partial charge is 0.245 e. The molecule has 5 nitrogen and oxygen atoms in total. The zero-order valence-electron chi connectivity index (χ0n) is 9.32. The van der Waals surface area contributed by atoms with Gasteiger partial charge in [-0.3, -0.25) is 0 Å². The molecule has 0 atom stereocenters. The summed E-state index contributed by atoms with van der Waals surface area (Å²) in [5, 5.41) is 6.87. The maximum Gasteiger partial charge on any atom is 0.245 e. The van der Waals surface area contributed by atoms with Crippen molar-refractivity contribution in [2.24, 2.45) is 0 Å². The van der Waals surface area contributed by atoms with Crippen LogP contribution in [0, 0.1) is 13.8 Å². The maximum atomic E-state index is 5.83. The highest BCUT2D eigenvalue weighted by atomic mass is 16.5. The van der Waals surface area contributed by atoms with Crippen LogP contribution >= 0.6 is 0 Å². The van der Waals surface area contributed by atoms with Crippen molar-refractivity contribution in [3.63, 3.8) is 0 Å². The van der Waals surface area contributed by atoms with Gasteiger partial charge in [-0.15, -0.1) is 0 Å². The van der Waals surface area contributed by atoms with Crippen molar-refractivity contribution in [2.45, 2.75) is 20.4 Å². The first-order chi connectivity index (χ1) is 7.65. The molecule has 3 N–H and O–H groups in total. The molecular formula is C11H14N4O. The minimum absolute atomic E-state index is 0.481. The first-order valence-electron chi connectivity index (χ1n) is 5.04. The molecule has 84 valence electrons. The predicted molar refractivity (Wildman–Crippen MR) is 62.0 cm³/mol. The largest absolute Gasteiger partial charge is 0.397 e. The predicted octanol–water partition coefficient (Wildman–Crippen LogP) is 1.88. The normalized spacial score (nSPS) is 10.4. The van der Waals surface area contributed by atoms with Gasteiger partial charge < -0.3 is 15.6 Å². The number of anilines is 2. The van der Waals surface area contributed by atoms with Gasteiger partial charge in [-0.25, -0.2) is 0 Å². The summed E-state index contributed by atoms with van der Waals surface area (Å²) in [4.78, 5) is 4.10. The van der Waals surface area contributed by atoms with Crippen molar-refractivity contribution >= 4 is 11.4 Å². The third-order valence-electron chi connectivity index (χ3n) is 2.21. The van der Waals surface area contributed by atoms with Crippen LogP contribution in [0.3, 0.4) is 0 Å². The van der Waals surface area contributed by atoms with E-state index in [2.05, 4.69) is 15.5 Å². The molecule has 0 saturated carbocycles. The van der Waals surface area contributed by atoms with Gasteiger partial charge in [0.1, 0.15) is 0 Å². The second kappa shape index (κ2) is 4.22. The van der Waals surface area contributed by atoms with Crippen LogP contribution in [0.1, 0.15) is 17.3 Å². The van der Waals surface area contributed by atoms with Gasteiger partial charge >= 0.3 is 0 Å². The minimum Gasteiger partial charge on any atom is -0.397 e. The van der Waals surface area contributed by atoms with E-state index in [-0.39, 0.29) is 0 Å². The van der Waals surface area contributed by atoms with Gasteiger partial charge in [0.05, 0.1) is 17.9 Å². The van der Waals surface area contributed by atoms with Crippen molar-refractivity contribution in [1.29, 1.82) is 0 Å². The summed E-state index contributed by atoms with van der Waals surface area (Å²) in [6.07, 6.45) is 0. The average molecular weight is 218 g/mol. The monoisotopic (exact) mass is 218 g/mol. The molecule has 0 aliphatic rings. The van der Waals surface area contributed by atoms with Crippen LogP contribution in [0.2, 0.25) is 0 Å². The molecule has 0 spiro atoms. The Bertz CT molecular complexity index is 492. The van der Waals surface area contributed by atoms with E-state index in [9.17, 15) is 0 Å². The fraction of sp³-hybridized carbons (Fsp3) is 0.273. The van der Waals surface area contributed by atoms with Crippen LogP contribution in [0.4, 0.5) is 11.4 Å². The SMILES string of the molecule is Cc1ccc(N)c(NCc2nc(C)no2)c1. The Kier molecular flexibility index (Phi) is 2.76. The molecule has 0 aliphatic carbocycles. The average Bonchev–Trinajstić information content (AvgIpc) is 2.66. The Morgan fingerprint density at radius 3 is 2.88 bits per heavy atom. The van der Waals surface area contributed by atoms with Crippen molar-refractivity contribution in [3.05, 3.63) is 35.5 Å². The lowest BCUT2D eigenvalue weighted by Crippen LogP contribution is -2.03. The number of aromatic nitrogens is 2. The molecule has 2 aromatic rings. The molecule has 0 radical (unpaired) electrons. The van der Waals surface area contributed by atoms with Crippen molar-refractivity contribution < 1.29 is 4.52 Å². The van der Waals surface area contributed by atoms with Crippen LogP contribution in [0.5, 0.6) is 0 Å². The standard InChI is InChI=1S/C11H14N4O/c1-7-3-4-9(12)10(5-7)13-6-11-14-8(2)15-16-11/h3-5,13H,6,12H2,1-2H3. The molecule has 5 heteroatoms. The van der Waals surface area contributed by atoms with E-state index in [1.807, 2.05) is 25.1 Å². The Labute approximate surface area is 93.7 Å². The van der Waals surface area contributed by atoms with E-state index in [1.165, 1.54) is 0 Å². The molecule has 0 aliphatic heterocycles. The molecule has 0 saturated heterocycles. The van der Waals surface area contributed by atoms with Gasteiger partial charge in [-0.1, -0.05) is 11.2 Å². The third-order valence-corrected chi connectivity index (χ3v) is 2.21. The summed E-state index contributed by atoms with van der Waals surface area (Å²) in [5.74, 6) is 1.19. The summed E-state index contributed by atoms with van der Waals surface area (Å²) in [6, 6.07) is 5.83. The molecule has 0 amide bonds. The van der Waals surface area contributed by atoms with E-state index in [0.717, 1.165) is 11.3 Å². The topological polar surface area (TPSA) is 77.0 Å². The van der Waals surface area contributed by atoms with E-state index in [1.54, 1.807) is 6.92 Å². The van der Waals surface area contributed by atoms with Crippen LogP contribution in [-0.2, 0) is 6.54 Å². The highest BCUT2D eigenvalue weighted by Gasteiger charge is 2.04.